The quantitative estimate of drug-likeness (QED) is 0.602. The van der Waals surface area contributed by atoms with Crippen LogP contribution in [0.4, 0.5) is 0 Å². The molecule has 1 N–H and O–H groups in total. The van der Waals surface area contributed by atoms with Crippen molar-refractivity contribution in [2.24, 2.45) is 0 Å². The Kier molecular flexibility index (Phi) is 5.21. The van der Waals surface area contributed by atoms with E-state index >= 15 is 0 Å². The summed E-state index contributed by atoms with van der Waals surface area (Å²) < 4.78 is 6.59. The molecular formula is C17H15Cl2NOS. The maximum Gasteiger partial charge on any atom is 0.138 e. The lowest BCUT2D eigenvalue weighted by Gasteiger charge is -2.10. The van der Waals surface area contributed by atoms with Gasteiger partial charge in [-0.1, -0.05) is 53.5 Å². The number of fused-ring (bicyclic) bond motifs is 1. The average molecular weight is 352 g/mol. The predicted molar refractivity (Wildman–Crippen MR) is 95.5 cm³/mol. The molecule has 1 aromatic heterocycles. The van der Waals surface area contributed by atoms with E-state index in [0.29, 0.717) is 11.6 Å². The number of hydrogen-bond acceptors (Lipinski definition) is 3. The third-order valence-electron chi connectivity index (χ3n) is 3.29. The lowest BCUT2D eigenvalue weighted by molar-refractivity contribution is 0.314. The summed E-state index contributed by atoms with van der Waals surface area (Å²) in [7, 11) is 0. The molecule has 0 atom stereocenters. The van der Waals surface area contributed by atoms with Crippen LogP contribution in [0.25, 0.3) is 10.8 Å². The normalized spacial score (nSPS) is 11.0. The van der Waals surface area contributed by atoms with E-state index in [-0.39, 0.29) is 0 Å². The largest absolute Gasteiger partial charge is 0.491 e. The van der Waals surface area contributed by atoms with Gasteiger partial charge in [-0.25, -0.2) is 0 Å². The first kappa shape index (κ1) is 15.6. The molecule has 1 heterocycles. The zero-order valence-corrected chi connectivity index (χ0v) is 14.1. The van der Waals surface area contributed by atoms with Gasteiger partial charge < -0.3 is 10.1 Å². The molecule has 0 aliphatic heterocycles. The first-order chi connectivity index (χ1) is 10.7. The molecule has 0 bridgehead atoms. The van der Waals surface area contributed by atoms with Gasteiger partial charge in [0.2, 0.25) is 0 Å². The van der Waals surface area contributed by atoms with Crippen molar-refractivity contribution < 1.29 is 4.74 Å². The topological polar surface area (TPSA) is 21.3 Å². The minimum absolute atomic E-state index is 0.567. The second-order valence-corrected chi connectivity index (χ2v) is 7.01. The number of benzene rings is 2. The van der Waals surface area contributed by atoms with Gasteiger partial charge in [0.15, 0.2) is 0 Å². The lowest BCUT2D eigenvalue weighted by Crippen LogP contribution is -2.20. The monoisotopic (exact) mass is 351 g/mol. The Morgan fingerprint density at radius 1 is 1.00 bits per heavy atom. The van der Waals surface area contributed by atoms with Crippen LogP contribution in [0.1, 0.15) is 4.88 Å². The van der Waals surface area contributed by atoms with Gasteiger partial charge in [-0.15, -0.1) is 11.3 Å². The highest BCUT2D eigenvalue weighted by atomic mass is 35.5. The molecule has 0 radical (unpaired) electrons. The lowest BCUT2D eigenvalue weighted by atomic mass is 10.1. The molecule has 0 saturated carbocycles. The van der Waals surface area contributed by atoms with Crippen LogP contribution >= 0.6 is 34.5 Å². The van der Waals surface area contributed by atoms with Gasteiger partial charge in [0.25, 0.3) is 0 Å². The Labute approximate surface area is 143 Å². The van der Waals surface area contributed by atoms with Crippen molar-refractivity contribution in [3.63, 3.8) is 0 Å². The summed E-state index contributed by atoms with van der Waals surface area (Å²) >= 11 is 13.9. The molecule has 114 valence electrons. The summed E-state index contributed by atoms with van der Waals surface area (Å²) in [6.45, 7) is 2.11. The van der Waals surface area contributed by atoms with E-state index in [1.54, 1.807) is 11.3 Å². The van der Waals surface area contributed by atoms with Crippen LogP contribution in [-0.4, -0.2) is 13.2 Å². The number of ether oxygens (including phenoxy) is 1. The standard InChI is InChI=1S/C17H15Cl2NOS/c18-16-8-6-13(22-16)11-20-9-10-21-15-7-5-12-3-1-2-4-14(12)17(15)19/h1-8,20H,9-11H2. The molecule has 2 aromatic carbocycles. The number of hydrogen-bond donors (Lipinski definition) is 1. The molecule has 0 aliphatic rings. The predicted octanol–water partition coefficient (Wildman–Crippen LogP) is 5.38. The molecule has 0 amide bonds. The maximum absolute atomic E-state index is 6.39. The fourth-order valence-electron chi connectivity index (χ4n) is 2.22. The van der Waals surface area contributed by atoms with E-state index in [1.165, 1.54) is 4.88 Å². The maximum atomic E-state index is 6.39. The Morgan fingerprint density at radius 3 is 2.68 bits per heavy atom. The van der Waals surface area contributed by atoms with Crippen LogP contribution in [-0.2, 0) is 6.54 Å². The molecule has 3 rings (SSSR count). The van der Waals surface area contributed by atoms with Gasteiger partial charge in [-0.05, 0) is 23.6 Å². The van der Waals surface area contributed by atoms with Gasteiger partial charge in [0.1, 0.15) is 12.4 Å². The molecule has 22 heavy (non-hydrogen) atoms. The van der Waals surface area contributed by atoms with Crippen LogP contribution in [0.5, 0.6) is 5.75 Å². The van der Waals surface area contributed by atoms with Crippen molar-refractivity contribution in [3.05, 3.63) is 62.8 Å². The van der Waals surface area contributed by atoms with Crippen LogP contribution in [0.15, 0.2) is 48.5 Å². The van der Waals surface area contributed by atoms with E-state index < -0.39 is 0 Å². The number of halogens is 2. The highest BCUT2D eigenvalue weighted by molar-refractivity contribution is 7.16. The Morgan fingerprint density at radius 2 is 1.86 bits per heavy atom. The van der Waals surface area contributed by atoms with Crippen LogP contribution in [0.2, 0.25) is 9.36 Å². The Hall–Kier alpha value is -1.26. The fraction of sp³-hybridized carbons (Fsp3) is 0.176. The van der Waals surface area contributed by atoms with Gasteiger partial charge in [-0.2, -0.15) is 0 Å². The summed E-state index contributed by atoms with van der Waals surface area (Å²) in [5.41, 5.74) is 0. The number of rotatable bonds is 6. The molecule has 5 heteroatoms. The zero-order chi connectivity index (χ0) is 15.4. The minimum atomic E-state index is 0.567. The zero-order valence-electron chi connectivity index (χ0n) is 11.8. The first-order valence-electron chi connectivity index (χ1n) is 6.99. The highest BCUT2D eigenvalue weighted by Crippen LogP contribution is 2.32. The van der Waals surface area contributed by atoms with Gasteiger partial charge in [0, 0.05) is 23.4 Å². The van der Waals surface area contributed by atoms with Crippen molar-refractivity contribution in [2.45, 2.75) is 6.54 Å². The highest BCUT2D eigenvalue weighted by Gasteiger charge is 2.06. The van der Waals surface area contributed by atoms with Gasteiger partial charge >= 0.3 is 0 Å². The smallest absolute Gasteiger partial charge is 0.138 e. The second kappa shape index (κ2) is 7.34. The number of thiophene rings is 1. The third kappa shape index (κ3) is 3.73. The molecule has 0 aliphatic carbocycles. The molecule has 3 aromatic rings. The van der Waals surface area contributed by atoms with Crippen molar-refractivity contribution >= 4 is 45.3 Å². The van der Waals surface area contributed by atoms with E-state index in [4.69, 9.17) is 27.9 Å². The fourth-order valence-corrected chi connectivity index (χ4v) is 3.56. The van der Waals surface area contributed by atoms with Crippen LogP contribution in [0, 0.1) is 0 Å². The molecule has 0 unspecified atom stereocenters. The number of nitrogens with one attached hydrogen (secondary N) is 1. The molecule has 2 nitrogen and oxygen atoms in total. The van der Waals surface area contributed by atoms with Crippen molar-refractivity contribution in [3.8, 4) is 5.75 Å². The van der Waals surface area contributed by atoms with E-state index in [9.17, 15) is 0 Å². The summed E-state index contributed by atoms with van der Waals surface area (Å²) in [5.74, 6) is 0.723. The third-order valence-corrected chi connectivity index (χ3v) is 4.91. The molecular weight excluding hydrogens is 337 g/mol. The van der Waals surface area contributed by atoms with E-state index in [2.05, 4.69) is 5.32 Å². The average Bonchev–Trinajstić information content (AvgIpc) is 2.95. The van der Waals surface area contributed by atoms with Crippen molar-refractivity contribution in [2.75, 3.05) is 13.2 Å². The Bertz CT molecular complexity index is 772. The summed E-state index contributed by atoms with van der Waals surface area (Å²) in [5, 5.41) is 6.13. The van der Waals surface area contributed by atoms with Crippen LogP contribution < -0.4 is 10.1 Å². The van der Waals surface area contributed by atoms with Gasteiger partial charge in [0.05, 0.1) is 9.36 Å². The van der Waals surface area contributed by atoms with Gasteiger partial charge in [-0.3, -0.25) is 0 Å². The molecule has 0 fully saturated rings. The SMILES string of the molecule is Clc1ccc(CNCCOc2ccc3ccccc3c2Cl)s1. The van der Waals surface area contributed by atoms with Crippen molar-refractivity contribution in [1.82, 2.24) is 5.32 Å². The molecule has 0 spiro atoms. The first-order valence-corrected chi connectivity index (χ1v) is 8.56. The molecule has 0 saturated heterocycles. The van der Waals surface area contributed by atoms with Crippen LogP contribution in [0.3, 0.4) is 0 Å². The van der Waals surface area contributed by atoms with E-state index in [1.807, 2.05) is 48.5 Å². The summed E-state index contributed by atoms with van der Waals surface area (Å²) in [6, 6.07) is 15.9. The summed E-state index contributed by atoms with van der Waals surface area (Å²) in [6.07, 6.45) is 0. The van der Waals surface area contributed by atoms with Crippen molar-refractivity contribution in [1.29, 1.82) is 0 Å². The Balaban J connectivity index is 1.52. The van der Waals surface area contributed by atoms with E-state index in [0.717, 1.165) is 33.9 Å². The second-order valence-electron chi connectivity index (χ2n) is 4.83. The minimum Gasteiger partial charge on any atom is -0.491 e. The summed E-state index contributed by atoms with van der Waals surface area (Å²) in [4.78, 5) is 1.22.